The van der Waals surface area contributed by atoms with Crippen LogP contribution in [0.4, 0.5) is 14.5 Å². The number of ether oxygens (including phenoxy) is 2. The summed E-state index contributed by atoms with van der Waals surface area (Å²) >= 11 is 6.25. The Bertz CT molecular complexity index is 948. The topological polar surface area (TPSA) is 76.7 Å². The fraction of sp³-hybridized carbons (Fsp3) is 0.333. The normalized spacial score (nSPS) is 14.1. The molecule has 0 aliphatic carbocycles. The van der Waals surface area contributed by atoms with E-state index in [1.165, 1.54) is 12.1 Å². The maximum Gasteiger partial charge on any atom is 0.257 e. The molecule has 160 valence electrons. The van der Waals surface area contributed by atoms with Gasteiger partial charge in [-0.15, -0.1) is 0 Å². The lowest BCUT2D eigenvalue weighted by atomic mass is 10.0. The van der Waals surface area contributed by atoms with Gasteiger partial charge in [0.25, 0.3) is 5.91 Å². The molecular weight excluding hydrogens is 418 g/mol. The summed E-state index contributed by atoms with van der Waals surface area (Å²) in [4.78, 5) is 25.3. The van der Waals surface area contributed by atoms with Gasteiger partial charge in [-0.05, 0) is 18.1 Å². The highest BCUT2D eigenvalue weighted by molar-refractivity contribution is 6.34. The van der Waals surface area contributed by atoms with Crippen LogP contribution in [-0.4, -0.2) is 31.1 Å². The van der Waals surface area contributed by atoms with Gasteiger partial charge < -0.3 is 20.1 Å². The second kappa shape index (κ2) is 9.30. The Morgan fingerprint density at radius 3 is 2.27 bits per heavy atom. The van der Waals surface area contributed by atoms with Crippen LogP contribution >= 0.6 is 11.6 Å². The number of nitrogens with one attached hydrogen (secondary N) is 2. The van der Waals surface area contributed by atoms with E-state index < -0.39 is 35.1 Å². The molecule has 0 fully saturated rings. The van der Waals surface area contributed by atoms with Crippen LogP contribution in [0.5, 0.6) is 11.5 Å². The van der Waals surface area contributed by atoms with Gasteiger partial charge in [-0.3, -0.25) is 9.59 Å². The van der Waals surface area contributed by atoms with Gasteiger partial charge in [0.15, 0.2) is 11.5 Å². The molecule has 2 amide bonds. The average molecular weight is 439 g/mol. The predicted octanol–water partition coefficient (Wildman–Crippen LogP) is 4.17. The number of hydrogen-bond acceptors (Lipinski definition) is 4. The Balaban J connectivity index is 1.80. The second-order valence-electron chi connectivity index (χ2n) is 7.11. The largest absolute Gasteiger partial charge is 0.490 e. The Labute approximate surface area is 177 Å². The second-order valence-corrected chi connectivity index (χ2v) is 7.52. The zero-order valence-corrected chi connectivity index (χ0v) is 17.2. The lowest BCUT2D eigenvalue weighted by Gasteiger charge is -2.22. The fourth-order valence-corrected chi connectivity index (χ4v) is 3.15. The van der Waals surface area contributed by atoms with Gasteiger partial charge in [-0.1, -0.05) is 31.5 Å². The third kappa shape index (κ3) is 4.81. The van der Waals surface area contributed by atoms with E-state index in [4.69, 9.17) is 21.1 Å². The first kappa shape index (κ1) is 21.8. The van der Waals surface area contributed by atoms with Crippen molar-refractivity contribution in [2.24, 2.45) is 5.92 Å². The van der Waals surface area contributed by atoms with Crippen LogP contribution in [-0.2, 0) is 4.79 Å². The number of anilines is 1. The summed E-state index contributed by atoms with van der Waals surface area (Å²) in [5.74, 6) is -3.11. The van der Waals surface area contributed by atoms with Gasteiger partial charge in [0.2, 0.25) is 5.91 Å². The number of halogens is 3. The first-order chi connectivity index (χ1) is 14.3. The first-order valence-corrected chi connectivity index (χ1v) is 9.80. The Hall–Kier alpha value is -2.87. The maximum absolute atomic E-state index is 13.9. The molecule has 2 N–H and O–H groups in total. The van der Waals surface area contributed by atoms with Crippen LogP contribution in [0.25, 0.3) is 0 Å². The summed E-state index contributed by atoms with van der Waals surface area (Å²) in [6.07, 6.45) is 0.710. The molecule has 0 aromatic heterocycles. The molecule has 2 aromatic rings. The highest BCUT2D eigenvalue weighted by atomic mass is 35.5. The van der Waals surface area contributed by atoms with Crippen molar-refractivity contribution < 1.29 is 27.8 Å². The molecule has 1 aliphatic rings. The minimum atomic E-state index is -1.07. The lowest BCUT2D eigenvalue weighted by molar-refractivity contribution is -0.118. The molecule has 0 saturated heterocycles. The summed E-state index contributed by atoms with van der Waals surface area (Å²) in [6, 6.07) is 5.11. The summed E-state index contributed by atoms with van der Waals surface area (Å²) in [5, 5.41) is 5.26. The predicted molar refractivity (Wildman–Crippen MR) is 108 cm³/mol. The molecule has 9 heteroatoms. The van der Waals surface area contributed by atoms with Crippen LogP contribution in [0.3, 0.4) is 0 Å². The third-order valence-corrected chi connectivity index (χ3v) is 4.83. The Kier molecular flexibility index (Phi) is 6.77. The molecule has 0 spiro atoms. The Morgan fingerprint density at radius 1 is 1.07 bits per heavy atom. The molecular formula is C21H21ClF2N2O4. The molecule has 2 aromatic carbocycles. The number of benzene rings is 2. The van der Waals surface area contributed by atoms with Crippen LogP contribution in [0, 0.1) is 17.6 Å². The number of carbonyl (C=O) groups is 2. The summed E-state index contributed by atoms with van der Waals surface area (Å²) in [6.45, 7) is 4.33. The number of amides is 2. The summed E-state index contributed by atoms with van der Waals surface area (Å²) in [7, 11) is 0. The molecule has 30 heavy (non-hydrogen) atoms. The molecule has 0 radical (unpaired) electrons. The maximum atomic E-state index is 13.9. The van der Waals surface area contributed by atoms with Crippen molar-refractivity contribution >= 4 is 29.1 Å². The van der Waals surface area contributed by atoms with Crippen molar-refractivity contribution in [1.29, 1.82) is 0 Å². The van der Waals surface area contributed by atoms with Crippen LogP contribution in [0.2, 0.25) is 5.02 Å². The van der Waals surface area contributed by atoms with Crippen LogP contribution in [0.1, 0.15) is 30.6 Å². The molecule has 3 rings (SSSR count). The quantitative estimate of drug-likeness (QED) is 0.734. The van der Waals surface area contributed by atoms with E-state index in [2.05, 4.69) is 10.6 Å². The molecule has 1 atom stereocenters. The standard InChI is InChI=1S/C21H21ClF2N2O4/c1-11(2)19(26-20(27)18-13(23)5-3-6-14(18)24)21(28)25-15-10-17-16(9-12(15)22)29-7-4-8-30-17/h3,5-6,9-11,19H,4,7-8H2,1-2H3,(H,25,28)(H,26,27). The molecule has 6 nitrogen and oxygen atoms in total. The van der Waals surface area contributed by atoms with E-state index in [1.807, 2.05) is 0 Å². The molecule has 0 bridgehead atoms. The fourth-order valence-electron chi connectivity index (χ4n) is 2.95. The van der Waals surface area contributed by atoms with Gasteiger partial charge in [-0.25, -0.2) is 8.78 Å². The van der Waals surface area contributed by atoms with Gasteiger partial charge in [0, 0.05) is 18.6 Å². The van der Waals surface area contributed by atoms with E-state index >= 15 is 0 Å². The van der Waals surface area contributed by atoms with Crippen molar-refractivity contribution in [1.82, 2.24) is 5.32 Å². The highest BCUT2D eigenvalue weighted by Crippen LogP contribution is 2.37. The molecule has 1 aliphatic heterocycles. The van der Waals surface area contributed by atoms with Crippen molar-refractivity contribution in [3.63, 3.8) is 0 Å². The lowest BCUT2D eigenvalue weighted by Crippen LogP contribution is -2.47. The zero-order chi connectivity index (χ0) is 21.8. The Morgan fingerprint density at radius 2 is 1.67 bits per heavy atom. The van der Waals surface area contributed by atoms with Crippen molar-refractivity contribution in [3.8, 4) is 11.5 Å². The number of fused-ring (bicyclic) bond motifs is 1. The first-order valence-electron chi connectivity index (χ1n) is 9.42. The van der Waals surface area contributed by atoms with E-state index in [1.54, 1.807) is 13.8 Å². The number of hydrogen-bond donors (Lipinski definition) is 2. The molecule has 1 heterocycles. The van der Waals surface area contributed by atoms with Gasteiger partial charge in [0.1, 0.15) is 23.2 Å². The minimum Gasteiger partial charge on any atom is -0.490 e. The van der Waals surface area contributed by atoms with Crippen molar-refractivity contribution in [3.05, 3.63) is 52.6 Å². The van der Waals surface area contributed by atoms with Crippen LogP contribution < -0.4 is 20.1 Å². The highest BCUT2D eigenvalue weighted by Gasteiger charge is 2.28. The summed E-state index contributed by atoms with van der Waals surface area (Å²) < 4.78 is 38.9. The monoisotopic (exact) mass is 438 g/mol. The van der Waals surface area contributed by atoms with E-state index in [9.17, 15) is 18.4 Å². The van der Waals surface area contributed by atoms with Gasteiger partial charge in [-0.2, -0.15) is 0 Å². The van der Waals surface area contributed by atoms with E-state index in [0.717, 1.165) is 18.2 Å². The van der Waals surface area contributed by atoms with Gasteiger partial charge in [0.05, 0.1) is 23.9 Å². The van der Waals surface area contributed by atoms with E-state index in [0.29, 0.717) is 31.1 Å². The van der Waals surface area contributed by atoms with Crippen LogP contribution in [0.15, 0.2) is 30.3 Å². The molecule has 1 unspecified atom stereocenters. The van der Waals surface area contributed by atoms with Crippen molar-refractivity contribution in [2.45, 2.75) is 26.3 Å². The number of rotatable bonds is 5. The smallest absolute Gasteiger partial charge is 0.257 e. The van der Waals surface area contributed by atoms with E-state index in [-0.39, 0.29) is 16.6 Å². The number of carbonyl (C=O) groups excluding carboxylic acids is 2. The third-order valence-electron chi connectivity index (χ3n) is 4.52. The minimum absolute atomic E-state index is 0.224. The SMILES string of the molecule is CC(C)C(NC(=O)c1c(F)cccc1F)C(=O)Nc1cc2c(cc1Cl)OCCCO2. The van der Waals surface area contributed by atoms with Crippen molar-refractivity contribution in [2.75, 3.05) is 18.5 Å². The summed E-state index contributed by atoms with van der Waals surface area (Å²) in [5.41, 5.74) is -0.479. The average Bonchev–Trinajstić information content (AvgIpc) is 2.90. The van der Waals surface area contributed by atoms with Gasteiger partial charge >= 0.3 is 0 Å². The zero-order valence-electron chi connectivity index (χ0n) is 16.4. The molecule has 0 saturated carbocycles.